The minimum atomic E-state index is -0.321. The number of nitrogens with one attached hydrogen (secondary N) is 1. The number of Topliss-reactive ketones (excluding diaryl/α,β-unsaturated/α-hetero) is 1. The number of hydrogen-bond donors (Lipinski definition) is 2. The van der Waals surface area contributed by atoms with Crippen LogP contribution in [0.3, 0.4) is 0 Å². The number of allylic oxidation sites excluding steroid dienone is 1. The molecule has 0 fully saturated rings. The molecular formula is C18H14N2O3. The third kappa shape index (κ3) is 2.76. The van der Waals surface area contributed by atoms with Crippen LogP contribution in [-0.4, -0.2) is 27.1 Å². The summed E-state index contributed by atoms with van der Waals surface area (Å²) in [5.74, 6) is -0.231. The van der Waals surface area contributed by atoms with Gasteiger partial charge in [-0.05, 0) is 25.1 Å². The van der Waals surface area contributed by atoms with Gasteiger partial charge in [-0.25, -0.2) is 4.98 Å². The summed E-state index contributed by atoms with van der Waals surface area (Å²) < 4.78 is 0. The molecular weight excluding hydrogens is 292 g/mol. The van der Waals surface area contributed by atoms with Crippen LogP contribution in [0.4, 0.5) is 0 Å². The van der Waals surface area contributed by atoms with Crippen molar-refractivity contribution >= 4 is 34.4 Å². The van der Waals surface area contributed by atoms with E-state index in [4.69, 9.17) is 0 Å². The number of fused-ring (bicyclic) bond motifs is 1. The van der Waals surface area contributed by atoms with Crippen LogP contribution in [0.1, 0.15) is 28.7 Å². The van der Waals surface area contributed by atoms with Crippen molar-refractivity contribution in [3.05, 3.63) is 65.5 Å². The van der Waals surface area contributed by atoms with Gasteiger partial charge >= 0.3 is 0 Å². The lowest BCUT2D eigenvalue weighted by atomic mass is 10.0. The Kier molecular flexibility index (Phi) is 3.76. The number of aliphatic hydroxyl groups is 1. The van der Waals surface area contributed by atoms with Crippen molar-refractivity contribution in [1.82, 2.24) is 9.97 Å². The highest BCUT2D eigenvalue weighted by Gasteiger charge is 2.19. The van der Waals surface area contributed by atoms with Gasteiger partial charge in [0.05, 0.1) is 11.0 Å². The molecule has 0 atom stereocenters. The third-order valence-corrected chi connectivity index (χ3v) is 3.51. The van der Waals surface area contributed by atoms with Crippen molar-refractivity contribution in [2.24, 2.45) is 0 Å². The average Bonchev–Trinajstić information content (AvgIpc) is 2.97. The van der Waals surface area contributed by atoms with Gasteiger partial charge in [0, 0.05) is 11.1 Å². The Balaban J connectivity index is 2.20. The second kappa shape index (κ2) is 5.88. The zero-order chi connectivity index (χ0) is 16.4. The predicted octanol–water partition coefficient (Wildman–Crippen LogP) is 3.39. The van der Waals surface area contributed by atoms with Gasteiger partial charge in [-0.3, -0.25) is 9.59 Å². The summed E-state index contributed by atoms with van der Waals surface area (Å²) in [5.41, 5.74) is 2.37. The van der Waals surface area contributed by atoms with Crippen LogP contribution in [0.15, 0.2) is 48.5 Å². The standard InChI is InChI=1S/C18H14N2O3/c1-11(22)16(17(23)13-6-4-5-12(9-13)10-21)18-19-14-7-2-3-8-15(14)20-18/h2-10,23H,1H3,(H,19,20). The molecule has 0 saturated heterocycles. The van der Waals surface area contributed by atoms with E-state index in [1.807, 2.05) is 24.3 Å². The molecule has 0 saturated carbocycles. The fraction of sp³-hybridized carbons (Fsp3) is 0.0556. The molecule has 3 rings (SSSR count). The average molecular weight is 306 g/mol. The molecule has 0 aliphatic heterocycles. The Morgan fingerprint density at radius 2 is 1.96 bits per heavy atom. The van der Waals surface area contributed by atoms with Crippen LogP contribution in [0, 0.1) is 0 Å². The molecule has 0 unspecified atom stereocenters. The smallest absolute Gasteiger partial charge is 0.167 e. The van der Waals surface area contributed by atoms with E-state index < -0.39 is 0 Å². The number of nitrogens with zero attached hydrogens (tertiary/aromatic N) is 1. The van der Waals surface area contributed by atoms with E-state index in [-0.39, 0.29) is 17.1 Å². The molecule has 0 amide bonds. The van der Waals surface area contributed by atoms with Gasteiger partial charge in [-0.15, -0.1) is 0 Å². The maximum absolute atomic E-state index is 12.0. The number of aromatic amines is 1. The zero-order valence-corrected chi connectivity index (χ0v) is 12.4. The molecule has 0 radical (unpaired) electrons. The Hall–Kier alpha value is -3.21. The van der Waals surface area contributed by atoms with E-state index in [1.54, 1.807) is 18.2 Å². The first-order valence-electron chi connectivity index (χ1n) is 7.05. The summed E-state index contributed by atoms with van der Waals surface area (Å²) >= 11 is 0. The molecule has 114 valence electrons. The number of benzene rings is 2. The number of aliphatic hydroxyl groups excluding tert-OH is 1. The second-order valence-electron chi connectivity index (χ2n) is 5.13. The number of carbonyl (C=O) groups is 2. The SMILES string of the molecule is CC(=O)C(=C(O)c1cccc(C=O)c1)c1nc2ccccc2[nH]1. The van der Waals surface area contributed by atoms with Crippen molar-refractivity contribution in [1.29, 1.82) is 0 Å². The van der Waals surface area contributed by atoms with Gasteiger partial charge in [0.15, 0.2) is 5.78 Å². The molecule has 0 spiro atoms. The van der Waals surface area contributed by atoms with Crippen molar-refractivity contribution < 1.29 is 14.7 Å². The molecule has 0 aliphatic carbocycles. The molecule has 2 N–H and O–H groups in total. The lowest BCUT2D eigenvalue weighted by Crippen LogP contribution is -2.03. The number of rotatable bonds is 4. The summed E-state index contributed by atoms with van der Waals surface area (Å²) in [6, 6.07) is 13.8. The quantitative estimate of drug-likeness (QED) is 0.439. The molecule has 1 heterocycles. The number of aromatic nitrogens is 2. The van der Waals surface area contributed by atoms with Crippen LogP contribution in [-0.2, 0) is 4.79 Å². The number of carbonyl (C=O) groups excluding carboxylic acids is 2. The number of hydrogen-bond acceptors (Lipinski definition) is 4. The number of imidazole rings is 1. The van der Waals surface area contributed by atoms with E-state index in [0.29, 0.717) is 28.8 Å². The van der Waals surface area contributed by atoms with Gasteiger partial charge < -0.3 is 10.1 Å². The highest BCUT2D eigenvalue weighted by atomic mass is 16.3. The van der Waals surface area contributed by atoms with Crippen LogP contribution < -0.4 is 0 Å². The van der Waals surface area contributed by atoms with Crippen LogP contribution in [0.25, 0.3) is 22.4 Å². The molecule has 5 nitrogen and oxygen atoms in total. The topological polar surface area (TPSA) is 83.0 Å². The maximum Gasteiger partial charge on any atom is 0.167 e. The first-order valence-corrected chi connectivity index (χ1v) is 7.05. The van der Waals surface area contributed by atoms with Gasteiger partial charge in [0.25, 0.3) is 0 Å². The lowest BCUT2D eigenvalue weighted by molar-refractivity contribution is -0.111. The zero-order valence-electron chi connectivity index (χ0n) is 12.4. The number of ketones is 1. The van der Waals surface area contributed by atoms with Crippen molar-refractivity contribution in [2.45, 2.75) is 6.92 Å². The van der Waals surface area contributed by atoms with E-state index in [0.717, 1.165) is 5.52 Å². The summed E-state index contributed by atoms with van der Waals surface area (Å²) in [4.78, 5) is 30.3. The number of H-pyrrole nitrogens is 1. The maximum atomic E-state index is 12.0. The third-order valence-electron chi connectivity index (χ3n) is 3.51. The van der Waals surface area contributed by atoms with Crippen molar-refractivity contribution in [2.75, 3.05) is 0 Å². The first kappa shape index (κ1) is 14.7. The fourth-order valence-corrected chi connectivity index (χ4v) is 2.42. The second-order valence-corrected chi connectivity index (χ2v) is 5.13. The minimum Gasteiger partial charge on any atom is -0.506 e. The summed E-state index contributed by atoms with van der Waals surface area (Å²) in [6.07, 6.45) is 0.686. The molecule has 5 heteroatoms. The van der Waals surface area contributed by atoms with Gasteiger partial charge in [0.2, 0.25) is 0 Å². The van der Waals surface area contributed by atoms with Gasteiger partial charge in [-0.2, -0.15) is 0 Å². The number of para-hydroxylation sites is 2. The Morgan fingerprint density at radius 3 is 2.65 bits per heavy atom. The van der Waals surface area contributed by atoms with Crippen LogP contribution in [0.2, 0.25) is 0 Å². The molecule has 3 aromatic rings. The predicted molar refractivity (Wildman–Crippen MR) is 88.0 cm³/mol. The molecule has 23 heavy (non-hydrogen) atoms. The van der Waals surface area contributed by atoms with Gasteiger partial charge in [-0.1, -0.05) is 30.3 Å². The Bertz CT molecular complexity index is 905. The van der Waals surface area contributed by atoms with E-state index in [9.17, 15) is 14.7 Å². The van der Waals surface area contributed by atoms with Crippen molar-refractivity contribution in [3.8, 4) is 0 Å². The Morgan fingerprint density at radius 1 is 1.17 bits per heavy atom. The summed E-state index contributed by atoms with van der Waals surface area (Å²) in [7, 11) is 0. The van der Waals surface area contributed by atoms with Crippen LogP contribution >= 0.6 is 0 Å². The highest BCUT2D eigenvalue weighted by Crippen LogP contribution is 2.25. The largest absolute Gasteiger partial charge is 0.506 e. The Labute approximate surface area is 132 Å². The van der Waals surface area contributed by atoms with E-state index in [2.05, 4.69) is 9.97 Å². The fourth-order valence-electron chi connectivity index (χ4n) is 2.42. The molecule has 1 aromatic heterocycles. The molecule has 2 aromatic carbocycles. The molecule has 0 bridgehead atoms. The first-order chi connectivity index (χ1) is 11.1. The van der Waals surface area contributed by atoms with Crippen molar-refractivity contribution in [3.63, 3.8) is 0 Å². The highest BCUT2D eigenvalue weighted by molar-refractivity contribution is 6.25. The van der Waals surface area contributed by atoms with Gasteiger partial charge in [0.1, 0.15) is 23.4 Å². The summed E-state index contributed by atoms with van der Waals surface area (Å²) in [5, 5.41) is 10.5. The monoisotopic (exact) mass is 306 g/mol. The van der Waals surface area contributed by atoms with Crippen LogP contribution in [0.5, 0.6) is 0 Å². The number of aldehydes is 1. The lowest BCUT2D eigenvalue weighted by Gasteiger charge is -2.06. The minimum absolute atomic E-state index is 0.0873. The normalized spacial score (nSPS) is 12.0. The molecule has 0 aliphatic rings. The van der Waals surface area contributed by atoms with E-state index >= 15 is 0 Å². The van der Waals surface area contributed by atoms with E-state index in [1.165, 1.54) is 13.0 Å². The summed E-state index contributed by atoms with van der Waals surface area (Å²) in [6.45, 7) is 1.36.